The van der Waals surface area contributed by atoms with Gasteiger partial charge >= 0.3 is 0 Å². The standard InChI is InChI=1S/C26H33N3O3/c30-22-13-11-21(12-14-22)28-25(31)17-24-26(32)27-15-16-29(24)18-23(19-7-3-1-4-8-19)20-9-5-2-6-10-20/h1-10,21-24,30H,11-18H2,(H,27,32)(H,28,31)/t21?,22?,24-/m1/s1. The maximum atomic E-state index is 12.8. The van der Waals surface area contributed by atoms with Gasteiger partial charge in [-0.3, -0.25) is 14.5 Å². The summed E-state index contributed by atoms with van der Waals surface area (Å²) in [6.07, 6.45) is 2.92. The van der Waals surface area contributed by atoms with E-state index in [-0.39, 0.29) is 36.3 Å². The van der Waals surface area contributed by atoms with Gasteiger partial charge in [-0.25, -0.2) is 0 Å². The molecule has 1 aliphatic heterocycles. The molecule has 6 heteroatoms. The topological polar surface area (TPSA) is 81.7 Å². The molecule has 3 N–H and O–H groups in total. The zero-order valence-electron chi connectivity index (χ0n) is 18.5. The van der Waals surface area contributed by atoms with Crippen molar-refractivity contribution < 1.29 is 14.7 Å². The summed E-state index contributed by atoms with van der Waals surface area (Å²) in [6, 6.07) is 20.3. The molecule has 1 atom stereocenters. The van der Waals surface area contributed by atoms with Crippen molar-refractivity contribution in [3.05, 3.63) is 71.8 Å². The molecule has 2 aliphatic rings. The quantitative estimate of drug-likeness (QED) is 0.624. The van der Waals surface area contributed by atoms with Crippen LogP contribution >= 0.6 is 0 Å². The van der Waals surface area contributed by atoms with E-state index in [9.17, 15) is 14.7 Å². The minimum Gasteiger partial charge on any atom is -0.393 e. The molecule has 0 aromatic heterocycles. The van der Waals surface area contributed by atoms with Gasteiger partial charge in [0, 0.05) is 31.6 Å². The summed E-state index contributed by atoms with van der Waals surface area (Å²) >= 11 is 0. The predicted octanol–water partition coefficient (Wildman–Crippen LogP) is 2.43. The van der Waals surface area contributed by atoms with E-state index in [4.69, 9.17) is 0 Å². The van der Waals surface area contributed by atoms with Crippen molar-refractivity contribution in [3.8, 4) is 0 Å². The summed E-state index contributed by atoms with van der Waals surface area (Å²) in [5.41, 5.74) is 2.40. The molecule has 1 saturated heterocycles. The van der Waals surface area contributed by atoms with Crippen LogP contribution in [0.2, 0.25) is 0 Å². The van der Waals surface area contributed by atoms with Crippen molar-refractivity contribution in [3.63, 3.8) is 0 Å². The normalized spacial score (nSPS) is 24.2. The van der Waals surface area contributed by atoms with Crippen molar-refractivity contribution in [2.24, 2.45) is 0 Å². The number of rotatable bonds is 7. The lowest BCUT2D eigenvalue weighted by Gasteiger charge is -2.37. The molecule has 2 aromatic carbocycles. The zero-order valence-corrected chi connectivity index (χ0v) is 18.5. The van der Waals surface area contributed by atoms with E-state index in [1.807, 2.05) is 36.4 Å². The molecular formula is C26H33N3O3. The van der Waals surface area contributed by atoms with Crippen molar-refractivity contribution in [2.45, 2.75) is 56.2 Å². The monoisotopic (exact) mass is 435 g/mol. The predicted molar refractivity (Wildman–Crippen MR) is 124 cm³/mol. The highest BCUT2D eigenvalue weighted by Crippen LogP contribution is 2.27. The van der Waals surface area contributed by atoms with E-state index in [2.05, 4.69) is 39.8 Å². The van der Waals surface area contributed by atoms with Crippen LogP contribution in [-0.4, -0.2) is 59.6 Å². The van der Waals surface area contributed by atoms with E-state index in [1.54, 1.807) is 0 Å². The molecule has 1 saturated carbocycles. The summed E-state index contributed by atoms with van der Waals surface area (Å²) in [7, 11) is 0. The first kappa shape index (κ1) is 22.5. The molecule has 2 fully saturated rings. The fourth-order valence-electron chi connectivity index (χ4n) is 4.89. The highest BCUT2D eigenvalue weighted by atomic mass is 16.3. The van der Waals surface area contributed by atoms with Crippen LogP contribution in [-0.2, 0) is 9.59 Å². The van der Waals surface area contributed by atoms with Gasteiger partial charge in [0.25, 0.3) is 0 Å². The van der Waals surface area contributed by atoms with Crippen LogP contribution in [0.1, 0.15) is 49.1 Å². The third-order valence-corrected chi connectivity index (χ3v) is 6.70. The number of carbonyl (C=O) groups excluding carboxylic acids is 2. The zero-order chi connectivity index (χ0) is 22.3. The van der Waals surface area contributed by atoms with Gasteiger partial charge in [0.2, 0.25) is 11.8 Å². The number of aliphatic hydroxyl groups excluding tert-OH is 1. The van der Waals surface area contributed by atoms with Gasteiger partial charge in [0.1, 0.15) is 0 Å². The Balaban J connectivity index is 1.47. The number of hydrogen-bond donors (Lipinski definition) is 3. The van der Waals surface area contributed by atoms with Gasteiger partial charge in [0.05, 0.1) is 18.6 Å². The van der Waals surface area contributed by atoms with E-state index >= 15 is 0 Å². The van der Waals surface area contributed by atoms with Gasteiger partial charge in [-0.15, -0.1) is 0 Å². The molecule has 32 heavy (non-hydrogen) atoms. The van der Waals surface area contributed by atoms with Gasteiger partial charge in [0.15, 0.2) is 0 Å². The number of nitrogens with one attached hydrogen (secondary N) is 2. The fraction of sp³-hybridized carbons (Fsp3) is 0.462. The van der Waals surface area contributed by atoms with Crippen LogP contribution in [0.4, 0.5) is 0 Å². The number of amides is 2. The first-order valence-corrected chi connectivity index (χ1v) is 11.7. The van der Waals surface area contributed by atoms with Crippen LogP contribution in [0.15, 0.2) is 60.7 Å². The lowest BCUT2D eigenvalue weighted by molar-refractivity contribution is -0.134. The Morgan fingerprint density at radius 2 is 1.59 bits per heavy atom. The third kappa shape index (κ3) is 5.75. The molecule has 0 radical (unpaired) electrons. The fourth-order valence-corrected chi connectivity index (χ4v) is 4.89. The Morgan fingerprint density at radius 1 is 1.00 bits per heavy atom. The van der Waals surface area contributed by atoms with Gasteiger partial charge < -0.3 is 15.7 Å². The Labute approximate surface area is 190 Å². The second-order valence-electron chi connectivity index (χ2n) is 8.95. The number of aliphatic hydroxyl groups is 1. The van der Waals surface area contributed by atoms with Crippen molar-refractivity contribution in [1.29, 1.82) is 0 Å². The maximum Gasteiger partial charge on any atom is 0.237 e. The molecule has 1 aliphatic carbocycles. The molecule has 0 bridgehead atoms. The maximum absolute atomic E-state index is 12.8. The van der Waals surface area contributed by atoms with E-state index in [1.165, 1.54) is 11.1 Å². The minimum absolute atomic E-state index is 0.0784. The number of piperazine rings is 1. The molecule has 1 heterocycles. The molecule has 0 spiro atoms. The van der Waals surface area contributed by atoms with E-state index in [0.717, 1.165) is 32.2 Å². The SMILES string of the molecule is O=C(C[C@@H]1C(=O)NCCN1CC(c1ccccc1)c1ccccc1)NC1CCC(O)CC1. The summed E-state index contributed by atoms with van der Waals surface area (Å²) in [5.74, 6) is -0.0477. The van der Waals surface area contributed by atoms with Crippen LogP contribution < -0.4 is 10.6 Å². The second kappa shape index (κ2) is 10.7. The van der Waals surface area contributed by atoms with E-state index < -0.39 is 6.04 Å². The first-order chi connectivity index (χ1) is 15.6. The number of benzene rings is 2. The third-order valence-electron chi connectivity index (χ3n) is 6.70. The van der Waals surface area contributed by atoms with Crippen molar-refractivity contribution in [2.75, 3.05) is 19.6 Å². The van der Waals surface area contributed by atoms with Crippen LogP contribution in [0, 0.1) is 0 Å². The highest BCUT2D eigenvalue weighted by Gasteiger charge is 2.34. The highest BCUT2D eigenvalue weighted by molar-refractivity contribution is 5.89. The Kier molecular flexibility index (Phi) is 7.55. The van der Waals surface area contributed by atoms with Gasteiger partial charge in [-0.2, -0.15) is 0 Å². The average Bonchev–Trinajstić information content (AvgIpc) is 2.82. The summed E-state index contributed by atoms with van der Waals surface area (Å²) in [6.45, 7) is 1.98. The summed E-state index contributed by atoms with van der Waals surface area (Å²) in [4.78, 5) is 27.7. The average molecular weight is 436 g/mol. The molecule has 4 rings (SSSR count). The van der Waals surface area contributed by atoms with Crippen LogP contribution in [0.3, 0.4) is 0 Å². The lowest BCUT2D eigenvalue weighted by Crippen LogP contribution is -2.57. The van der Waals surface area contributed by atoms with Crippen LogP contribution in [0.5, 0.6) is 0 Å². The molecule has 0 unspecified atom stereocenters. The molecule has 2 aromatic rings. The van der Waals surface area contributed by atoms with Crippen LogP contribution in [0.25, 0.3) is 0 Å². The Morgan fingerprint density at radius 3 is 2.19 bits per heavy atom. The summed E-state index contributed by atoms with van der Waals surface area (Å²) in [5, 5.41) is 15.7. The number of hydrogen-bond acceptors (Lipinski definition) is 4. The molecule has 170 valence electrons. The molecule has 2 amide bonds. The number of carbonyl (C=O) groups is 2. The smallest absolute Gasteiger partial charge is 0.237 e. The molecular weight excluding hydrogens is 402 g/mol. The van der Waals surface area contributed by atoms with Gasteiger partial charge in [-0.1, -0.05) is 60.7 Å². The Bertz CT molecular complexity index is 842. The van der Waals surface area contributed by atoms with Gasteiger partial charge in [-0.05, 0) is 36.8 Å². The summed E-state index contributed by atoms with van der Waals surface area (Å²) < 4.78 is 0. The second-order valence-corrected chi connectivity index (χ2v) is 8.95. The Hall–Kier alpha value is -2.70. The lowest BCUT2D eigenvalue weighted by atomic mass is 9.89. The van der Waals surface area contributed by atoms with E-state index in [0.29, 0.717) is 13.1 Å². The molecule has 6 nitrogen and oxygen atoms in total. The largest absolute Gasteiger partial charge is 0.393 e. The first-order valence-electron chi connectivity index (χ1n) is 11.7. The number of nitrogens with zero attached hydrogens (tertiary/aromatic N) is 1. The minimum atomic E-state index is -0.479. The van der Waals surface area contributed by atoms with Crippen molar-refractivity contribution in [1.82, 2.24) is 15.5 Å². The van der Waals surface area contributed by atoms with Crippen molar-refractivity contribution >= 4 is 11.8 Å².